The maximum Gasteiger partial charge on any atom is 0.309 e. The molecule has 0 bridgehead atoms. The van der Waals surface area contributed by atoms with Gasteiger partial charge in [0.1, 0.15) is 5.75 Å². The molecular formula is C16H14BFO4. The molecule has 0 aromatic heterocycles. The molecular weight excluding hydrogens is 286 g/mol. The van der Waals surface area contributed by atoms with Gasteiger partial charge in [-0.05, 0) is 40.9 Å². The smallest absolute Gasteiger partial charge is 0.309 e. The third-order valence-electron chi connectivity index (χ3n) is 3.49. The van der Waals surface area contributed by atoms with E-state index >= 15 is 0 Å². The predicted molar refractivity (Wildman–Crippen MR) is 80.2 cm³/mol. The molecule has 0 spiro atoms. The maximum atomic E-state index is 14.1. The standard InChI is InChI=1S/C16H14BFO4/c1-20-16(19)7-10-2-5-15(14(18)6-10)22-12-3-4-13-11(8-12)9-21-17-13/h2-6,8,17H,7,9H2,1H3. The molecule has 2 aromatic rings. The molecule has 0 saturated heterocycles. The van der Waals surface area contributed by atoms with E-state index in [0.717, 1.165) is 11.0 Å². The Morgan fingerprint density at radius 2 is 2.18 bits per heavy atom. The van der Waals surface area contributed by atoms with Crippen molar-refractivity contribution < 1.29 is 23.3 Å². The lowest BCUT2D eigenvalue weighted by Gasteiger charge is -2.09. The van der Waals surface area contributed by atoms with E-state index in [2.05, 4.69) is 4.74 Å². The molecule has 0 atom stereocenters. The molecule has 0 N–H and O–H groups in total. The fourth-order valence-corrected chi connectivity index (χ4v) is 2.31. The molecule has 6 heteroatoms. The Morgan fingerprint density at radius 3 is 2.95 bits per heavy atom. The molecule has 1 heterocycles. The third-order valence-corrected chi connectivity index (χ3v) is 3.49. The third kappa shape index (κ3) is 3.12. The summed E-state index contributed by atoms with van der Waals surface area (Å²) >= 11 is 0. The van der Waals surface area contributed by atoms with Crippen LogP contribution in [0.5, 0.6) is 11.5 Å². The molecule has 112 valence electrons. The number of carbonyl (C=O) groups excluding carboxylic acids is 1. The average Bonchev–Trinajstić information content (AvgIpc) is 2.97. The number of hydrogen-bond donors (Lipinski definition) is 0. The number of rotatable bonds is 4. The lowest BCUT2D eigenvalue weighted by Crippen LogP contribution is -2.10. The van der Waals surface area contributed by atoms with Crippen LogP contribution in [0.1, 0.15) is 11.1 Å². The van der Waals surface area contributed by atoms with E-state index in [1.165, 1.54) is 19.2 Å². The van der Waals surface area contributed by atoms with E-state index in [9.17, 15) is 9.18 Å². The first-order valence-electron chi connectivity index (χ1n) is 6.88. The van der Waals surface area contributed by atoms with E-state index in [0.29, 0.717) is 25.4 Å². The highest BCUT2D eigenvalue weighted by molar-refractivity contribution is 6.48. The van der Waals surface area contributed by atoms with Gasteiger partial charge in [0.2, 0.25) is 0 Å². The molecule has 1 aliphatic heterocycles. The van der Waals surface area contributed by atoms with Gasteiger partial charge in [0.05, 0.1) is 20.1 Å². The molecule has 0 unspecified atom stereocenters. The minimum atomic E-state index is -0.516. The minimum Gasteiger partial charge on any atom is -0.469 e. The Kier molecular flexibility index (Phi) is 4.11. The predicted octanol–water partition coefficient (Wildman–Crippen LogP) is 1.84. The summed E-state index contributed by atoms with van der Waals surface area (Å²) in [5.41, 5.74) is 2.72. The Morgan fingerprint density at radius 1 is 1.32 bits per heavy atom. The summed E-state index contributed by atoms with van der Waals surface area (Å²) in [4.78, 5) is 11.2. The van der Waals surface area contributed by atoms with Gasteiger partial charge in [0.15, 0.2) is 11.6 Å². The van der Waals surface area contributed by atoms with Gasteiger partial charge in [-0.1, -0.05) is 12.1 Å². The number of fused-ring (bicyclic) bond motifs is 1. The van der Waals surface area contributed by atoms with Gasteiger partial charge in [-0.2, -0.15) is 0 Å². The lowest BCUT2D eigenvalue weighted by molar-refractivity contribution is -0.139. The summed E-state index contributed by atoms with van der Waals surface area (Å²) in [6, 6.07) is 9.99. The number of hydrogen-bond acceptors (Lipinski definition) is 4. The van der Waals surface area contributed by atoms with E-state index < -0.39 is 11.8 Å². The normalized spacial score (nSPS) is 12.5. The Labute approximate surface area is 128 Å². The Bertz CT molecular complexity index is 717. The van der Waals surface area contributed by atoms with Crippen LogP contribution in [0.25, 0.3) is 0 Å². The van der Waals surface area contributed by atoms with Gasteiger partial charge >= 0.3 is 13.5 Å². The first kappa shape index (κ1) is 14.6. The number of methoxy groups -OCH3 is 1. The first-order chi connectivity index (χ1) is 10.7. The fraction of sp³-hybridized carbons (Fsp3) is 0.188. The van der Waals surface area contributed by atoms with Crippen molar-refractivity contribution in [1.82, 2.24) is 0 Å². The van der Waals surface area contributed by atoms with Gasteiger partial charge in [-0.15, -0.1) is 0 Å². The van der Waals surface area contributed by atoms with Crippen LogP contribution in [0.15, 0.2) is 36.4 Å². The first-order valence-corrected chi connectivity index (χ1v) is 6.88. The zero-order valence-electron chi connectivity index (χ0n) is 12.1. The number of halogens is 1. The van der Waals surface area contributed by atoms with Crippen LogP contribution < -0.4 is 10.2 Å². The second kappa shape index (κ2) is 6.19. The molecule has 4 nitrogen and oxygen atoms in total. The summed E-state index contributed by atoms with van der Waals surface area (Å²) in [7, 11) is 1.90. The molecule has 22 heavy (non-hydrogen) atoms. The quantitative estimate of drug-likeness (QED) is 0.638. The number of carbonyl (C=O) groups is 1. The van der Waals surface area contributed by atoms with Crippen molar-refractivity contribution in [2.45, 2.75) is 13.0 Å². The van der Waals surface area contributed by atoms with Crippen LogP contribution in [0.4, 0.5) is 4.39 Å². The second-order valence-electron chi connectivity index (χ2n) is 5.04. The lowest BCUT2D eigenvalue weighted by atomic mass is 9.87. The number of benzene rings is 2. The van der Waals surface area contributed by atoms with Crippen LogP contribution in [0.2, 0.25) is 0 Å². The summed E-state index contributed by atoms with van der Waals surface area (Å²) in [6.07, 6.45) is 0.0316. The summed E-state index contributed by atoms with van der Waals surface area (Å²) in [5.74, 6) is -0.249. The van der Waals surface area contributed by atoms with E-state index in [-0.39, 0.29) is 12.2 Å². The van der Waals surface area contributed by atoms with Crippen LogP contribution in [-0.2, 0) is 27.2 Å². The largest absolute Gasteiger partial charge is 0.469 e. The summed E-state index contributed by atoms with van der Waals surface area (Å²) in [6.45, 7) is 0.549. The van der Waals surface area contributed by atoms with Gasteiger partial charge < -0.3 is 14.1 Å². The van der Waals surface area contributed by atoms with Crippen molar-refractivity contribution in [3.8, 4) is 11.5 Å². The van der Waals surface area contributed by atoms with Crippen molar-refractivity contribution in [1.29, 1.82) is 0 Å². The fourth-order valence-electron chi connectivity index (χ4n) is 2.31. The van der Waals surface area contributed by atoms with Crippen molar-refractivity contribution in [3.63, 3.8) is 0 Å². The highest BCUT2D eigenvalue weighted by Crippen LogP contribution is 2.26. The van der Waals surface area contributed by atoms with E-state index in [1.54, 1.807) is 12.1 Å². The van der Waals surface area contributed by atoms with Crippen molar-refractivity contribution >= 4 is 18.9 Å². The van der Waals surface area contributed by atoms with E-state index in [1.807, 2.05) is 12.1 Å². The molecule has 0 radical (unpaired) electrons. The maximum absolute atomic E-state index is 14.1. The topological polar surface area (TPSA) is 44.8 Å². The second-order valence-corrected chi connectivity index (χ2v) is 5.04. The summed E-state index contributed by atoms with van der Waals surface area (Å²) < 4.78 is 29.5. The highest BCUT2D eigenvalue weighted by Gasteiger charge is 2.15. The van der Waals surface area contributed by atoms with Gasteiger partial charge in [0, 0.05) is 0 Å². The summed E-state index contributed by atoms with van der Waals surface area (Å²) in [5, 5.41) is 0. The Balaban J connectivity index is 1.76. The molecule has 0 saturated carbocycles. The molecule has 2 aromatic carbocycles. The molecule has 0 amide bonds. The van der Waals surface area contributed by atoms with Crippen molar-refractivity contribution in [2.24, 2.45) is 0 Å². The number of ether oxygens (including phenoxy) is 2. The monoisotopic (exact) mass is 300 g/mol. The molecule has 0 fully saturated rings. The van der Waals surface area contributed by atoms with Gasteiger partial charge in [0.25, 0.3) is 0 Å². The van der Waals surface area contributed by atoms with Crippen LogP contribution in [0, 0.1) is 5.82 Å². The SMILES string of the molecule is COC(=O)Cc1ccc(Oc2ccc3c(c2)COB3)c(F)c1. The van der Waals surface area contributed by atoms with E-state index in [4.69, 9.17) is 9.39 Å². The average molecular weight is 300 g/mol. The highest BCUT2D eigenvalue weighted by atomic mass is 19.1. The number of esters is 1. The van der Waals surface area contributed by atoms with Crippen LogP contribution >= 0.6 is 0 Å². The van der Waals surface area contributed by atoms with Gasteiger partial charge in [-0.3, -0.25) is 4.79 Å². The molecule has 0 aliphatic carbocycles. The molecule has 1 aliphatic rings. The zero-order valence-corrected chi connectivity index (χ0v) is 12.1. The Hall–Kier alpha value is -2.34. The van der Waals surface area contributed by atoms with Crippen LogP contribution in [0.3, 0.4) is 0 Å². The zero-order chi connectivity index (χ0) is 15.5. The van der Waals surface area contributed by atoms with Crippen molar-refractivity contribution in [3.05, 3.63) is 53.3 Å². The van der Waals surface area contributed by atoms with Gasteiger partial charge in [-0.25, -0.2) is 4.39 Å². The van der Waals surface area contributed by atoms with Crippen LogP contribution in [-0.4, -0.2) is 20.6 Å². The van der Waals surface area contributed by atoms with Crippen molar-refractivity contribution in [2.75, 3.05) is 7.11 Å². The minimum absolute atomic E-state index is 0.0316. The molecule has 3 rings (SSSR count).